The molecule has 1 atom stereocenters. The quantitative estimate of drug-likeness (QED) is 0.741. The number of hydrogen-bond acceptors (Lipinski definition) is 4. The number of hydrogen-bond donors (Lipinski definition) is 2. The molecule has 0 aliphatic rings. The lowest BCUT2D eigenvalue weighted by molar-refractivity contribution is -0.116. The van der Waals surface area contributed by atoms with E-state index in [1.165, 1.54) is 6.26 Å². The second-order valence-electron chi connectivity index (χ2n) is 3.82. The molecule has 1 amide bonds. The van der Waals surface area contributed by atoms with Gasteiger partial charge in [0.05, 0.1) is 0 Å². The van der Waals surface area contributed by atoms with Gasteiger partial charge in [0, 0.05) is 12.5 Å². The molecule has 16 heavy (non-hydrogen) atoms. The molecule has 1 aromatic rings. The average molecular weight is 225 g/mol. The van der Waals surface area contributed by atoms with Gasteiger partial charge in [0.1, 0.15) is 6.26 Å². The zero-order chi connectivity index (χ0) is 11.8. The van der Waals surface area contributed by atoms with E-state index in [0.29, 0.717) is 24.7 Å². The summed E-state index contributed by atoms with van der Waals surface area (Å²) in [5.41, 5.74) is 5.50. The van der Waals surface area contributed by atoms with Gasteiger partial charge in [0.25, 0.3) is 0 Å². The minimum absolute atomic E-state index is 0.0237. The molecule has 1 rings (SSSR count). The Hall–Kier alpha value is -1.36. The van der Waals surface area contributed by atoms with Gasteiger partial charge in [-0.1, -0.05) is 18.5 Å². The fourth-order valence-corrected chi connectivity index (χ4v) is 1.61. The lowest BCUT2D eigenvalue weighted by Crippen LogP contribution is -2.15. The van der Waals surface area contributed by atoms with Crippen molar-refractivity contribution in [1.29, 1.82) is 0 Å². The number of rotatable bonds is 7. The number of anilines is 1. The molecule has 0 bridgehead atoms. The molecule has 0 aliphatic carbocycles. The van der Waals surface area contributed by atoms with E-state index >= 15 is 0 Å². The molecule has 0 saturated heterocycles. The molecule has 0 aromatic carbocycles. The van der Waals surface area contributed by atoms with Crippen LogP contribution in [0.3, 0.4) is 0 Å². The second-order valence-corrected chi connectivity index (χ2v) is 3.82. The van der Waals surface area contributed by atoms with Gasteiger partial charge in [-0.2, -0.15) is 0 Å². The van der Waals surface area contributed by atoms with Crippen molar-refractivity contribution in [3.8, 4) is 0 Å². The highest BCUT2D eigenvalue weighted by atomic mass is 16.5. The lowest BCUT2D eigenvalue weighted by Gasteiger charge is -2.12. The van der Waals surface area contributed by atoms with E-state index in [4.69, 9.17) is 5.73 Å². The number of aromatic nitrogens is 1. The third-order valence-corrected chi connectivity index (χ3v) is 2.64. The Morgan fingerprint density at radius 3 is 3.00 bits per heavy atom. The van der Waals surface area contributed by atoms with Gasteiger partial charge < -0.3 is 15.6 Å². The molecule has 0 radical (unpaired) electrons. The summed E-state index contributed by atoms with van der Waals surface area (Å²) in [5, 5.41) is 6.28. The van der Waals surface area contributed by atoms with Crippen LogP contribution in [0, 0.1) is 5.92 Å². The third kappa shape index (κ3) is 4.44. The van der Waals surface area contributed by atoms with Crippen molar-refractivity contribution in [1.82, 2.24) is 5.16 Å². The van der Waals surface area contributed by atoms with Gasteiger partial charge in [0.15, 0.2) is 5.82 Å². The minimum Gasteiger partial charge on any atom is -0.363 e. The van der Waals surface area contributed by atoms with Crippen molar-refractivity contribution < 1.29 is 9.32 Å². The van der Waals surface area contributed by atoms with Crippen LogP contribution in [0.15, 0.2) is 16.9 Å². The summed E-state index contributed by atoms with van der Waals surface area (Å²) in [7, 11) is 0. The zero-order valence-electron chi connectivity index (χ0n) is 9.61. The maximum Gasteiger partial charge on any atom is 0.225 e. The first-order chi connectivity index (χ1) is 7.76. The number of nitrogens with one attached hydrogen (secondary N) is 1. The Kier molecular flexibility index (Phi) is 5.56. The van der Waals surface area contributed by atoms with Gasteiger partial charge in [-0.15, -0.1) is 0 Å². The highest BCUT2D eigenvalue weighted by Gasteiger charge is 2.09. The van der Waals surface area contributed by atoms with Gasteiger partial charge in [-0.3, -0.25) is 4.79 Å². The monoisotopic (exact) mass is 225 g/mol. The average Bonchev–Trinajstić information content (AvgIpc) is 2.76. The second kappa shape index (κ2) is 7.00. The third-order valence-electron chi connectivity index (χ3n) is 2.64. The Labute approximate surface area is 95.4 Å². The van der Waals surface area contributed by atoms with Gasteiger partial charge in [-0.05, 0) is 25.3 Å². The highest BCUT2D eigenvalue weighted by molar-refractivity contribution is 5.89. The molecule has 1 heterocycles. The fraction of sp³-hybridized carbons (Fsp3) is 0.636. The van der Waals surface area contributed by atoms with Crippen molar-refractivity contribution >= 4 is 11.7 Å². The Balaban J connectivity index is 2.24. The van der Waals surface area contributed by atoms with E-state index in [2.05, 4.69) is 21.9 Å². The van der Waals surface area contributed by atoms with Crippen LogP contribution in [0.5, 0.6) is 0 Å². The van der Waals surface area contributed by atoms with Crippen molar-refractivity contribution in [2.75, 3.05) is 11.9 Å². The number of carbonyl (C=O) groups excluding carboxylic acids is 1. The van der Waals surface area contributed by atoms with Crippen LogP contribution in [-0.4, -0.2) is 17.6 Å². The molecule has 1 unspecified atom stereocenters. The first kappa shape index (κ1) is 12.7. The van der Waals surface area contributed by atoms with E-state index in [1.54, 1.807) is 6.07 Å². The molecule has 5 nitrogen and oxygen atoms in total. The van der Waals surface area contributed by atoms with Crippen molar-refractivity contribution in [2.45, 2.75) is 32.6 Å². The van der Waals surface area contributed by atoms with E-state index in [1.807, 2.05) is 0 Å². The number of nitrogens with two attached hydrogens (primary N) is 1. The van der Waals surface area contributed by atoms with Gasteiger partial charge in [-0.25, -0.2) is 0 Å². The summed E-state index contributed by atoms with van der Waals surface area (Å²) in [5.74, 6) is 0.981. The fourth-order valence-electron chi connectivity index (χ4n) is 1.61. The summed E-state index contributed by atoms with van der Waals surface area (Å²) in [4.78, 5) is 11.5. The van der Waals surface area contributed by atoms with E-state index < -0.39 is 0 Å². The topological polar surface area (TPSA) is 81.2 Å². The highest BCUT2D eigenvalue weighted by Crippen LogP contribution is 2.15. The molecule has 0 fully saturated rings. The SMILES string of the molecule is CCC(CCN)CCC(=O)Nc1ccon1. The van der Waals surface area contributed by atoms with Crippen LogP contribution in [0.25, 0.3) is 0 Å². The smallest absolute Gasteiger partial charge is 0.225 e. The normalized spacial score (nSPS) is 12.4. The number of amides is 1. The first-order valence-corrected chi connectivity index (χ1v) is 5.66. The molecule has 3 N–H and O–H groups in total. The summed E-state index contributed by atoms with van der Waals surface area (Å²) in [6, 6.07) is 1.62. The molecule has 5 heteroatoms. The summed E-state index contributed by atoms with van der Waals surface area (Å²) < 4.78 is 4.62. The summed E-state index contributed by atoms with van der Waals surface area (Å²) in [6.07, 6.45) is 4.85. The maximum atomic E-state index is 11.5. The van der Waals surface area contributed by atoms with Gasteiger partial charge >= 0.3 is 0 Å². The Morgan fingerprint density at radius 1 is 1.62 bits per heavy atom. The predicted molar refractivity (Wildman–Crippen MR) is 61.8 cm³/mol. The molecule has 0 saturated carbocycles. The van der Waals surface area contributed by atoms with Crippen LogP contribution in [0.1, 0.15) is 32.6 Å². The van der Waals surface area contributed by atoms with Gasteiger partial charge in [0.2, 0.25) is 5.91 Å². The van der Waals surface area contributed by atoms with E-state index in [9.17, 15) is 4.79 Å². The van der Waals surface area contributed by atoms with Crippen molar-refractivity contribution in [2.24, 2.45) is 11.7 Å². The minimum atomic E-state index is -0.0237. The Bertz CT molecular complexity index is 298. The van der Waals surface area contributed by atoms with Crippen LogP contribution in [0.2, 0.25) is 0 Å². The maximum absolute atomic E-state index is 11.5. The van der Waals surface area contributed by atoms with Crippen LogP contribution >= 0.6 is 0 Å². The number of nitrogens with zero attached hydrogens (tertiary/aromatic N) is 1. The number of carbonyl (C=O) groups is 1. The predicted octanol–water partition coefficient (Wildman–Crippen LogP) is 1.77. The molecule has 1 aromatic heterocycles. The van der Waals surface area contributed by atoms with Crippen molar-refractivity contribution in [3.63, 3.8) is 0 Å². The first-order valence-electron chi connectivity index (χ1n) is 5.66. The van der Waals surface area contributed by atoms with E-state index in [-0.39, 0.29) is 5.91 Å². The van der Waals surface area contributed by atoms with Crippen molar-refractivity contribution in [3.05, 3.63) is 12.3 Å². The molecular weight excluding hydrogens is 206 g/mol. The molecular formula is C11H19N3O2. The van der Waals surface area contributed by atoms with Crippen LogP contribution in [0.4, 0.5) is 5.82 Å². The van der Waals surface area contributed by atoms with Crippen LogP contribution < -0.4 is 11.1 Å². The molecule has 0 spiro atoms. The summed E-state index contributed by atoms with van der Waals surface area (Å²) in [6.45, 7) is 2.80. The molecule has 0 aliphatic heterocycles. The molecule has 90 valence electrons. The standard InChI is InChI=1S/C11H19N3O2/c1-2-9(5-7-12)3-4-11(15)13-10-6-8-16-14-10/h6,8-9H,2-5,7,12H2,1H3,(H,13,14,15). The lowest BCUT2D eigenvalue weighted by atomic mass is 9.96. The zero-order valence-corrected chi connectivity index (χ0v) is 9.61. The summed E-state index contributed by atoms with van der Waals surface area (Å²) >= 11 is 0. The van der Waals surface area contributed by atoms with E-state index in [0.717, 1.165) is 19.3 Å². The Morgan fingerprint density at radius 2 is 2.44 bits per heavy atom. The largest absolute Gasteiger partial charge is 0.363 e. The van der Waals surface area contributed by atoms with Crippen LogP contribution in [-0.2, 0) is 4.79 Å².